The van der Waals surface area contributed by atoms with Crippen LogP contribution in [0.3, 0.4) is 0 Å². The SMILES string of the molecule is C[C@@H](CNC(=O)c1ccc(Br)cc1)CN(C)C. The molecule has 0 unspecified atom stereocenters. The Morgan fingerprint density at radius 1 is 1.35 bits per heavy atom. The number of hydrogen-bond donors (Lipinski definition) is 1. The molecule has 17 heavy (non-hydrogen) atoms. The summed E-state index contributed by atoms with van der Waals surface area (Å²) in [5.74, 6) is 0.438. The summed E-state index contributed by atoms with van der Waals surface area (Å²) < 4.78 is 0.982. The fourth-order valence-electron chi connectivity index (χ4n) is 1.66. The van der Waals surface area contributed by atoms with Gasteiger partial charge in [0, 0.05) is 23.1 Å². The van der Waals surface area contributed by atoms with Crippen LogP contribution >= 0.6 is 15.9 Å². The van der Waals surface area contributed by atoms with Gasteiger partial charge >= 0.3 is 0 Å². The molecule has 0 aliphatic rings. The Hall–Kier alpha value is -0.870. The molecule has 1 aromatic carbocycles. The van der Waals surface area contributed by atoms with Crippen molar-refractivity contribution in [3.63, 3.8) is 0 Å². The predicted molar refractivity (Wildman–Crippen MR) is 74.2 cm³/mol. The van der Waals surface area contributed by atoms with E-state index >= 15 is 0 Å². The largest absolute Gasteiger partial charge is 0.352 e. The lowest BCUT2D eigenvalue weighted by atomic mass is 10.1. The first kappa shape index (κ1) is 14.2. The van der Waals surface area contributed by atoms with E-state index in [2.05, 4.69) is 33.1 Å². The van der Waals surface area contributed by atoms with E-state index < -0.39 is 0 Å². The van der Waals surface area contributed by atoms with Crippen molar-refractivity contribution in [3.8, 4) is 0 Å². The predicted octanol–water partition coefficient (Wildman–Crippen LogP) is 2.38. The highest BCUT2D eigenvalue weighted by atomic mass is 79.9. The van der Waals surface area contributed by atoms with Crippen molar-refractivity contribution in [1.29, 1.82) is 0 Å². The summed E-state index contributed by atoms with van der Waals surface area (Å²) in [5, 5.41) is 2.94. The minimum Gasteiger partial charge on any atom is -0.352 e. The quantitative estimate of drug-likeness (QED) is 0.905. The third kappa shape index (κ3) is 5.33. The Bertz CT molecular complexity index is 362. The molecule has 0 saturated heterocycles. The van der Waals surface area contributed by atoms with Crippen LogP contribution in [-0.4, -0.2) is 38.0 Å². The molecule has 94 valence electrons. The fraction of sp³-hybridized carbons (Fsp3) is 0.462. The molecule has 1 aromatic rings. The van der Waals surface area contributed by atoms with Crippen LogP contribution in [0.2, 0.25) is 0 Å². The minimum atomic E-state index is -0.0110. The molecule has 0 fully saturated rings. The lowest BCUT2D eigenvalue weighted by molar-refractivity contribution is 0.0946. The molecule has 1 amide bonds. The Balaban J connectivity index is 2.42. The lowest BCUT2D eigenvalue weighted by Gasteiger charge is -2.17. The maximum absolute atomic E-state index is 11.8. The van der Waals surface area contributed by atoms with Crippen LogP contribution in [-0.2, 0) is 0 Å². The molecule has 0 radical (unpaired) electrons. The van der Waals surface area contributed by atoms with Gasteiger partial charge in [-0.25, -0.2) is 0 Å². The zero-order valence-corrected chi connectivity index (χ0v) is 12.1. The second-order valence-corrected chi connectivity index (χ2v) is 5.50. The van der Waals surface area contributed by atoms with Gasteiger partial charge in [-0.15, -0.1) is 0 Å². The monoisotopic (exact) mass is 298 g/mol. The van der Waals surface area contributed by atoms with Crippen LogP contribution in [0.5, 0.6) is 0 Å². The van der Waals surface area contributed by atoms with Crippen molar-refractivity contribution in [2.45, 2.75) is 6.92 Å². The van der Waals surface area contributed by atoms with Gasteiger partial charge < -0.3 is 10.2 Å². The molecule has 4 heteroatoms. The van der Waals surface area contributed by atoms with Crippen LogP contribution in [0.25, 0.3) is 0 Å². The van der Waals surface area contributed by atoms with E-state index in [0.29, 0.717) is 18.0 Å². The van der Waals surface area contributed by atoms with Crippen molar-refractivity contribution in [2.75, 3.05) is 27.2 Å². The van der Waals surface area contributed by atoms with E-state index in [4.69, 9.17) is 0 Å². The number of hydrogen-bond acceptors (Lipinski definition) is 2. The normalized spacial score (nSPS) is 12.5. The summed E-state index contributed by atoms with van der Waals surface area (Å²) in [6, 6.07) is 7.38. The first-order valence-electron chi connectivity index (χ1n) is 5.67. The zero-order chi connectivity index (χ0) is 12.8. The van der Waals surface area contributed by atoms with Crippen LogP contribution in [0.15, 0.2) is 28.7 Å². The Labute approximate surface area is 111 Å². The second-order valence-electron chi connectivity index (χ2n) is 4.58. The average molecular weight is 299 g/mol. The zero-order valence-electron chi connectivity index (χ0n) is 10.5. The van der Waals surface area contributed by atoms with E-state index in [9.17, 15) is 4.79 Å². The van der Waals surface area contributed by atoms with Gasteiger partial charge in [-0.05, 0) is 44.3 Å². The molecule has 0 saturated carbocycles. The van der Waals surface area contributed by atoms with Gasteiger partial charge in [0.15, 0.2) is 0 Å². The summed E-state index contributed by atoms with van der Waals surface area (Å²) >= 11 is 3.35. The minimum absolute atomic E-state index is 0.0110. The summed E-state index contributed by atoms with van der Waals surface area (Å²) in [6.45, 7) is 3.80. The number of nitrogens with zero attached hydrogens (tertiary/aromatic N) is 1. The first-order valence-corrected chi connectivity index (χ1v) is 6.47. The molecule has 0 aliphatic heterocycles. The highest BCUT2D eigenvalue weighted by molar-refractivity contribution is 9.10. The summed E-state index contributed by atoms with van der Waals surface area (Å²) in [6.07, 6.45) is 0. The van der Waals surface area contributed by atoms with E-state index in [1.54, 1.807) is 0 Å². The molecule has 0 heterocycles. The third-order valence-corrected chi connectivity index (χ3v) is 2.92. The second kappa shape index (κ2) is 6.77. The van der Waals surface area contributed by atoms with Gasteiger partial charge in [-0.3, -0.25) is 4.79 Å². The van der Waals surface area contributed by atoms with Gasteiger partial charge in [0.25, 0.3) is 5.91 Å². The molecule has 3 nitrogen and oxygen atoms in total. The van der Waals surface area contributed by atoms with Crippen molar-refractivity contribution in [3.05, 3.63) is 34.3 Å². The molecule has 0 aliphatic carbocycles. The van der Waals surface area contributed by atoms with Gasteiger partial charge in [0.1, 0.15) is 0 Å². The van der Waals surface area contributed by atoms with Gasteiger partial charge in [-0.1, -0.05) is 22.9 Å². The fourth-order valence-corrected chi connectivity index (χ4v) is 1.92. The van der Waals surface area contributed by atoms with Gasteiger partial charge in [0.2, 0.25) is 0 Å². The number of carbonyl (C=O) groups is 1. The highest BCUT2D eigenvalue weighted by Crippen LogP contribution is 2.10. The van der Waals surface area contributed by atoms with Crippen molar-refractivity contribution in [1.82, 2.24) is 10.2 Å². The Morgan fingerprint density at radius 2 is 1.94 bits per heavy atom. The van der Waals surface area contributed by atoms with Crippen molar-refractivity contribution < 1.29 is 4.79 Å². The molecular formula is C13H19BrN2O. The number of rotatable bonds is 5. The number of halogens is 1. The smallest absolute Gasteiger partial charge is 0.251 e. The molecule has 1 N–H and O–H groups in total. The summed E-state index contributed by atoms with van der Waals surface area (Å²) in [7, 11) is 4.07. The van der Waals surface area contributed by atoms with Crippen LogP contribution in [0.1, 0.15) is 17.3 Å². The highest BCUT2D eigenvalue weighted by Gasteiger charge is 2.08. The van der Waals surface area contributed by atoms with Crippen molar-refractivity contribution >= 4 is 21.8 Å². The van der Waals surface area contributed by atoms with Crippen LogP contribution < -0.4 is 5.32 Å². The Morgan fingerprint density at radius 3 is 2.47 bits per heavy atom. The number of amides is 1. The van der Waals surface area contributed by atoms with Crippen molar-refractivity contribution in [2.24, 2.45) is 5.92 Å². The molecule has 0 aromatic heterocycles. The lowest BCUT2D eigenvalue weighted by Crippen LogP contribution is -2.32. The summed E-state index contributed by atoms with van der Waals surface area (Å²) in [4.78, 5) is 13.9. The molecular weight excluding hydrogens is 280 g/mol. The number of carbonyl (C=O) groups excluding carboxylic acids is 1. The average Bonchev–Trinajstić information content (AvgIpc) is 2.26. The summed E-state index contributed by atoms with van der Waals surface area (Å²) in [5.41, 5.74) is 0.699. The maximum Gasteiger partial charge on any atom is 0.251 e. The molecule has 0 spiro atoms. The number of benzene rings is 1. The molecule has 1 rings (SSSR count). The first-order chi connectivity index (χ1) is 7.99. The Kier molecular flexibility index (Phi) is 5.65. The maximum atomic E-state index is 11.8. The van der Waals surface area contributed by atoms with Crippen LogP contribution in [0, 0.1) is 5.92 Å². The van der Waals surface area contributed by atoms with Gasteiger partial charge in [-0.2, -0.15) is 0 Å². The topological polar surface area (TPSA) is 32.3 Å². The van der Waals surface area contributed by atoms with Crippen LogP contribution in [0.4, 0.5) is 0 Å². The molecule has 0 bridgehead atoms. The third-order valence-electron chi connectivity index (χ3n) is 2.39. The van der Waals surface area contributed by atoms with E-state index in [0.717, 1.165) is 11.0 Å². The van der Waals surface area contributed by atoms with Gasteiger partial charge in [0.05, 0.1) is 0 Å². The van der Waals surface area contributed by atoms with E-state index in [1.807, 2.05) is 38.4 Å². The molecule has 1 atom stereocenters. The number of nitrogens with one attached hydrogen (secondary N) is 1. The van der Waals surface area contributed by atoms with E-state index in [-0.39, 0.29) is 5.91 Å². The standard InChI is InChI=1S/C13H19BrN2O/c1-10(9-16(2)3)8-15-13(17)11-4-6-12(14)7-5-11/h4-7,10H,8-9H2,1-3H3,(H,15,17)/t10-/m0/s1. The van der Waals surface area contributed by atoms with E-state index in [1.165, 1.54) is 0 Å².